The maximum atomic E-state index is 14.3. The third-order valence-corrected chi connectivity index (χ3v) is 8.75. The second kappa shape index (κ2) is 11.0. The molecule has 0 aromatic carbocycles. The number of carbonyl (C=O) groups is 2. The average Bonchev–Trinajstić information content (AvgIpc) is 3.70. The van der Waals surface area contributed by atoms with E-state index in [4.69, 9.17) is 4.74 Å². The van der Waals surface area contributed by atoms with Gasteiger partial charge in [-0.15, -0.1) is 11.3 Å². The summed E-state index contributed by atoms with van der Waals surface area (Å²) < 4.78 is 87.8. The predicted molar refractivity (Wildman–Crippen MR) is 134 cm³/mol. The van der Waals surface area contributed by atoms with Gasteiger partial charge in [-0.25, -0.2) is 9.97 Å². The molecular formula is C25H27F6N5O4S. The van der Waals surface area contributed by atoms with Crippen molar-refractivity contribution in [1.82, 2.24) is 20.2 Å². The molecule has 3 N–H and O–H groups in total. The summed E-state index contributed by atoms with van der Waals surface area (Å²) >= 11 is 0.541. The summed E-state index contributed by atoms with van der Waals surface area (Å²) in [4.78, 5) is 36.0. The van der Waals surface area contributed by atoms with Crippen molar-refractivity contribution in [2.45, 2.75) is 81.7 Å². The van der Waals surface area contributed by atoms with Crippen molar-refractivity contribution in [2.24, 2.45) is 0 Å². The van der Waals surface area contributed by atoms with Gasteiger partial charge < -0.3 is 25.4 Å². The fourth-order valence-corrected chi connectivity index (χ4v) is 6.55. The predicted octanol–water partition coefficient (Wildman–Crippen LogP) is 4.23. The number of nitrogens with zero attached hydrogens (tertiary/aromatic N) is 3. The van der Waals surface area contributed by atoms with Crippen LogP contribution in [0.1, 0.15) is 64.9 Å². The van der Waals surface area contributed by atoms with Gasteiger partial charge in [-0.3, -0.25) is 9.59 Å². The van der Waals surface area contributed by atoms with Crippen LogP contribution < -0.4 is 10.6 Å². The largest absolute Gasteiger partial charge is 0.417 e. The molecule has 3 fully saturated rings. The van der Waals surface area contributed by atoms with Crippen LogP contribution in [-0.4, -0.2) is 81.5 Å². The van der Waals surface area contributed by atoms with E-state index in [1.54, 1.807) is 4.90 Å². The van der Waals surface area contributed by atoms with Gasteiger partial charge in [0, 0.05) is 23.8 Å². The van der Waals surface area contributed by atoms with E-state index in [1.807, 2.05) is 5.32 Å². The number of hydrogen-bond donors (Lipinski definition) is 3. The fourth-order valence-electron chi connectivity index (χ4n) is 5.57. The quantitative estimate of drug-likeness (QED) is 0.404. The number of aliphatic hydroxyl groups is 1. The zero-order valence-electron chi connectivity index (χ0n) is 21.7. The Labute approximate surface area is 234 Å². The zero-order chi connectivity index (χ0) is 29.7. The number of alkyl halides is 6. The number of halogens is 6. The second-order valence-corrected chi connectivity index (χ2v) is 11.3. The van der Waals surface area contributed by atoms with E-state index in [9.17, 15) is 41.0 Å². The molecule has 224 valence electrons. The van der Waals surface area contributed by atoms with Gasteiger partial charge in [-0.2, -0.15) is 26.3 Å². The normalized spacial score (nSPS) is 25.0. The molecule has 9 nitrogen and oxygen atoms in total. The van der Waals surface area contributed by atoms with E-state index in [1.165, 1.54) is 6.92 Å². The molecule has 0 spiro atoms. The van der Waals surface area contributed by atoms with Crippen LogP contribution in [0, 0.1) is 0 Å². The number of anilines is 1. The first-order chi connectivity index (χ1) is 19.3. The van der Waals surface area contributed by atoms with Gasteiger partial charge in [0.15, 0.2) is 5.01 Å². The van der Waals surface area contributed by atoms with Crippen molar-refractivity contribution in [3.05, 3.63) is 28.5 Å². The monoisotopic (exact) mass is 607 g/mol. The highest BCUT2D eigenvalue weighted by molar-refractivity contribution is 7.17. The first-order valence-electron chi connectivity index (χ1n) is 13.1. The second-order valence-electron chi connectivity index (χ2n) is 10.3. The minimum Gasteiger partial charge on any atom is -0.388 e. The molecule has 2 bridgehead atoms. The molecule has 3 aliphatic heterocycles. The minimum absolute atomic E-state index is 0.0102. The number of thiazole rings is 1. The van der Waals surface area contributed by atoms with Gasteiger partial charge in [0.1, 0.15) is 17.6 Å². The molecule has 3 saturated heterocycles. The highest BCUT2D eigenvalue weighted by atomic mass is 32.1. The fraction of sp³-hybridized carbons (Fsp3) is 0.600. The summed E-state index contributed by atoms with van der Waals surface area (Å²) in [7, 11) is 0. The molecule has 2 amide bonds. The average molecular weight is 608 g/mol. The number of aliphatic hydroxyl groups excluding tert-OH is 1. The Bertz CT molecular complexity index is 1300. The van der Waals surface area contributed by atoms with Crippen LogP contribution >= 0.6 is 11.3 Å². The van der Waals surface area contributed by atoms with Crippen LogP contribution in [0.2, 0.25) is 0 Å². The van der Waals surface area contributed by atoms with Crippen LogP contribution in [0.4, 0.5) is 32.2 Å². The molecule has 16 heteroatoms. The summed E-state index contributed by atoms with van der Waals surface area (Å²) in [5.74, 6) is -2.08. The molecule has 0 radical (unpaired) electrons. The Morgan fingerprint density at radius 2 is 1.80 bits per heavy atom. The summed E-state index contributed by atoms with van der Waals surface area (Å²) in [5.41, 5.74) is -2.28. The highest BCUT2D eigenvalue weighted by Gasteiger charge is 2.45. The lowest BCUT2D eigenvalue weighted by molar-refractivity contribution is -0.142. The number of nitrogens with one attached hydrogen (secondary N) is 2. The summed E-state index contributed by atoms with van der Waals surface area (Å²) in [6.45, 7) is 1.24. The van der Waals surface area contributed by atoms with Crippen molar-refractivity contribution < 1.29 is 45.8 Å². The Kier molecular flexibility index (Phi) is 7.93. The van der Waals surface area contributed by atoms with Crippen LogP contribution in [0.5, 0.6) is 0 Å². The van der Waals surface area contributed by atoms with E-state index in [2.05, 4.69) is 15.3 Å². The van der Waals surface area contributed by atoms with E-state index in [0.717, 1.165) is 31.9 Å². The van der Waals surface area contributed by atoms with Gasteiger partial charge in [-0.1, -0.05) is 6.92 Å². The molecule has 3 atom stereocenters. The Morgan fingerprint density at radius 3 is 2.34 bits per heavy atom. The van der Waals surface area contributed by atoms with Crippen LogP contribution in [0.15, 0.2) is 12.3 Å². The maximum Gasteiger partial charge on any atom is 0.417 e. The lowest BCUT2D eigenvalue weighted by Crippen LogP contribution is -2.42. The van der Waals surface area contributed by atoms with Gasteiger partial charge >= 0.3 is 12.4 Å². The molecule has 2 aromatic rings. The van der Waals surface area contributed by atoms with E-state index >= 15 is 0 Å². The van der Waals surface area contributed by atoms with Crippen molar-refractivity contribution in [3.8, 4) is 10.4 Å². The van der Waals surface area contributed by atoms with Crippen molar-refractivity contribution in [1.29, 1.82) is 0 Å². The Morgan fingerprint density at radius 1 is 1.15 bits per heavy atom. The molecule has 41 heavy (non-hydrogen) atoms. The van der Waals surface area contributed by atoms with Crippen molar-refractivity contribution in [3.63, 3.8) is 0 Å². The Balaban J connectivity index is 1.56. The maximum absolute atomic E-state index is 14.3. The summed E-state index contributed by atoms with van der Waals surface area (Å²) in [5, 5.41) is 14.2. The third kappa shape index (κ3) is 5.86. The molecule has 5 heterocycles. The number of amides is 2. The lowest BCUT2D eigenvalue weighted by Gasteiger charge is -2.23. The number of hydrogen-bond acceptors (Lipinski definition) is 8. The van der Waals surface area contributed by atoms with Gasteiger partial charge in [-0.05, 0) is 38.2 Å². The van der Waals surface area contributed by atoms with Crippen LogP contribution in [0.25, 0.3) is 10.4 Å². The van der Waals surface area contributed by atoms with Crippen LogP contribution in [0.3, 0.4) is 0 Å². The third-order valence-electron chi connectivity index (χ3n) is 7.66. The number of aromatic nitrogens is 2. The van der Waals surface area contributed by atoms with Gasteiger partial charge in [0.05, 0.1) is 35.8 Å². The van der Waals surface area contributed by atoms with Crippen LogP contribution in [-0.2, 0) is 10.9 Å². The number of ether oxygens (including phenoxy) is 1. The SMILES string of the molecule is CC[C@H](Nc1cc(C(F)(F)F)c(-c2sc(C(=O)N[C@H]3COC[C@@H]3O)nc2C(=O)N2C3CCC2CC3)cn1)C(F)(F)F. The number of carbonyl (C=O) groups excluding carboxylic acids is 2. The zero-order valence-corrected chi connectivity index (χ0v) is 22.5. The topological polar surface area (TPSA) is 117 Å². The Hall–Kier alpha value is -2.98. The minimum atomic E-state index is -5.04. The van der Waals surface area contributed by atoms with E-state index in [0.29, 0.717) is 17.4 Å². The molecule has 0 unspecified atom stereocenters. The smallest absolute Gasteiger partial charge is 0.388 e. The lowest BCUT2D eigenvalue weighted by atomic mass is 10.0. The summed E-state index contributed by atoms with van der Waals surface area (Å²) in [6.07, 6.45) is -7.48. The molecule has 3 aliphatic rings. The van der Waals surface area contributed by atoms with Crippen molar-refractivity contribution in [2.75, 3.05) is 18.5 Å². The number of rotatable bonds is 7. The standard InChI is InChI=1S/C25H27F6N5O4S/c1-2-17(25(29,30)31)34-18-7-14(24(26,27)28)13(8-32-18)20-19(23(39)36-11-3-4-12(36)6-5-11)35-22(41-20)21(38)33-15-9-40-10-16(15)37/h7-8,11-12,15-17,37H,2-6,9-10H2,1H3,(H,32,34)(H,33,38)/t11?,12?,15-,16-,17-/m0/s1. The molecule has 0 saturated carbocycles. The van der Waals surface area contributed by atoms with Gasteiger partial charge in [0.2, 0.25) is 0 Å². The number of pyridine rings is 1. The summed E-state index contributed by atoms with van der Waals surface area (Å²) in [6, 6.07) is -2.63. The highest BCUT2D eigenvalue weighted by Crippen LogP contribution is 2.44. The molecule has 0 aliphatic carbocycles. The molecule has 2 aromatic heterocycles. The van der Waals surface area contributed by atoms with E-state index in [-0.39, 0.29) is 40.9 Å². The van der Waals surface area contributed by atoms with E-state index < -0.39 is 65.7 Å². The number of fused-ring (bicyclic) bond motifs is 2. The van der Waals surface area contributed by atoms with Crippen molar-refractivity contribution >= 4 is 29.0 Å². The molecular weight excluding hydrogens is 580 g/mol. The first-order valence-corrected chi connectivity index (χ1v) is 13.9. The first kappa shape index (κ1) is 29.5. The molecule has 5 rings (SSSR count). The van der Waals surface area contributed by atoms with Gasteiger partial charge in [0.25, 0.3) is 11.8 Å².